The summed E-state index contributed by atoms with van der Waals surface area (Å²) in [6.07, 6.45) is 4.37. The second-order valence-corrected chi connectivity index (χ2v) is 7.08. The second kappa shape index (κ2) is 7.09. The first-order valence-electron chi connectivity index (χ1n) is 7.24. The highest BCUT2D eigenvalue weighted by Crippen LogP contribution is 2.41. The van der Waals surface area contributed by atoms with Gasteiger partial charge in [-0.1, -0.05) is 42.1 Å². The van der Waals surface area contributed by atoms with Crippen molar-refractivity contribution in [3.05, 3.63) is 68.9 Å². The number of thioether (sulfide) groups is 1. The molecule has 1 unspecified atom stereocenters. The molecular weight excluding hydrogens is 298 g/mol. The SMILES string of the molecule is C[N+]1(C)CC([N+](=O)[O-])=CC=C1SC(CCN)c1ccccc1. The molecule has 1 aliphatic rings. The third-order valence-electron chi connectivity index (χ3n) is 3.67. The van der Waals surface area contributed by atoms with Crippen LogP contribution in [0.25, 0.3) is 0 Å². The summed E-state index contributed by atoms with van der Waals surface area (Å²) < 4.78 is 0.491. The van der Waals surface area contributed by atoms with E-state index < -0.39 is 0 Å². The number of benzene rings is 1. The molecule has 0 bridgehead atoms. The lowest BCUT2D eigenvalue weighted by Crippen LogP contribution is -2.42. The molecule has 22 heavy (non-hydrogen) atoms. The van der Waals surface area contributed by atoms with Gasteiger partial charge in [-0.3, -0.25) is 14.6 Å². The van der Waals surface area contributed by atoms with Crippen LogP contribution < -0.4 is 5.73 Å². The average molecular weight is 320 g/mol. The van der Waals surface area contributed by atoms with Gasteiger partial charge in [0, 0.05) is 17.4 Å². The Labute approximate surface area is 135 Å². The molecule has 0 fully saturated rings. The fourth-order valence-corrected chi connectivity index (χ4v) is 3.80. The molecule has 2 N–H and O–H groups in total. The molecule has 2 rings (SSSR count). The number of quaternary nitrogens is 1. The van der Waals surface area contributed by atoms with E-state index in [1.54, 1.807) is 17.8 Å². The van der Waals surface area contributed by atoms with Crippen LogP contribution in [0.3, 0.4) is 0 Å². The molecule has 0 spiro atoms. The molecule has 5 nitrogen and oxygen atoms in total. The van der Waals surface area contributed by atoms with Crippen LogP contribution in [0.1, 0.15) is 17.2 Å². The molecule has 6 heteroatoms. The van der Waals surface area contributed by atoms with Crippen LogP contribution in [0, 0.1) is 10.1 Å². The quantitative estimate of drug-likeness (QED) is 0.497. The minimum absolute atomic E-state index is 0.254. The van der Waals surface area contributed by atoms with Crippen molar-refractivity contribution in [3.63, 3.8) is 0 Å². The summed E-state index contributed by atoms with van der Waals surface area (Å²) in [5.74, 6) is 0. The third kappa shape index (κ3) is 3.97. The highest BCUT2D eigenvalue weighted by Gasteiger charge is 2.34. The molecule has 0 radical (unpaired) electrons. The maximum absolute atomic E-state index is 11.0. The highest BCUT2D eigenvalue weighted by molar-refractivity contribution is 8.03. The van der Waals surface area contributed by atoms with Crippen molar-refractivity contribution in [2.45, 2.75) is 11.7 Å². The largest absolute Gasteiger partial charge is 0.330 e. The standard InChI is InChI=1S/C16H22N3O2S/c1-19(2)12-14(18(20)21)8-9-16(19)22-15(10-11-17)13-6-4-3-5-7-13/h3-9,15H,10-12,17H2,1-2H3/q+1. The molecule has 0 amide bonds. The van der Waals surface area contributed by atoms with Crippen LogP contribution in [0.15, 0.2) is 53.2 Å². The fraction of sp³-hybridized carbons (Fsp3) is 0.375. The maximum Gasteiger partial charge on any atom is 0.300 e. The summed E-state index contributed by atoms with van der Waals surface area (Å²) in [5.41, 5.74) is 7.26. The van der Waals surface area contributed by atoms with Gasteiger partial charge in [0.15, 0.2) is 11.6 Å². The van der Waals surface area contributed by atoms with Crippen LogP contribution >= 0.6 is 11.8 Å². The number of rotatable bonds is 6. The number of nitrogens with zero attached hydrogens (tertiary/aromatic N) is 2. The zero-order valence-corrected chi connectivity index (χ0v) is 13.8. The molecule has 0 aromatic heterocycles. The van der Waals surface area contributed by atoms with E-state index in [-0.39, 0.29) is 15.9 Å². The molecular formula is C16H22N3O2S+. The minimum atomic E-state index is -0.299. The van der Waals surface area contributed by atoms with Gasteiger partial charge >= 0.3 is 5.70 Å². The van der Waals surface area contributed by atoms with Crippen molar-refractivity contribution in [2.75, 3.05) is 27.2 Å². The molecule has 118 valence electrons. The highest BCUT2D eigenvalue weighted by atomic mass is 32.2. The molecule has 1 heterocycles. The molecule has 1 atom stereocenters. The van der Waals surface area contributed by atoms with E-state index in [0.29, 0.717) is 17.6 Å². The summed E-state index contributed by atoms with van der Waals surface area (Å²) in [6, 6.07) is 10.3. The Kier molecular flexibility index (Phi) is 5.39. The summed E-state index contributed by atoms with van der Waals surface area (Å²) in [5, 5.41) is 12.4. The third-order valence-corrected chi connectivity index (χ3v) is 5.33. The number of allylic oxidation sites excluding steroid dienone is 2. The van der Waals surface area contributed by atoms with Crippen molar-refractivity contribution >= 4 is 11.8 Å². The number of hydrogen-bond donors (Lipinski definition) is 1. The van der Waals surface area contributed by atoms with Crippen LogP contribution in [0.5, 0.6) is 0 Å². The predicted octanol–water partition coefficient (Wildman–Crippen LogP) is 2.90. The molecule has 1 aromatic carbocycles. The first kappa shape index (κ1) is 16.7. The minimum Gasteiger partial charge on any atom is -0.330 e. The van der Waals surface area contributed by atoms with Gasteiger partial charge in [-0.15, -0.1) is 0 Å². The van der Waals surface area contributed by atoms with Gasteiger partial charge in [0.05, 0.1) is 19.0 Å². The van der Waals surface area contributed by atoms with E-state index in [4.69, 9.17) is 5.73 Å². The Morgan fingerprint density at radius 2 is 2.00 bits per heavy atom. The van der Waals surface area contributed by atoms with Crippen LogP contribution in [0.4, 0.5) is 0 Å². The summed E-state index contributed by atoms with van der Waals surface area (Å²) in [6.45, 7) is 1.01. The summed E-state index contributed by atoms with van der Waals surface area (Å²) in [7, 11) is 4.00. The zero-order chi connectivity index (χ0) is 16.2. The lowest BCUT2D eigenvalue weighted by molar-refractivity contribution is -0.846. The van der Waals surface area contributed by atoms with E-state index >= 15 is 0 Å². The number of nitrogens with two attached hydrogens (primary N) is 1. The Hall–Kier alpha value is -1.63. The van der Waals surface area contributed by atoms with Crippen molar-refractivity contribution in [1.29, 1.82) is 0 Å². The molecule has 0 saturated heterocycles. The average Bonchev–Trinajstić information content (AvgIpc) is 2.48. The molecule has 1 aliphatic heterocycles. The predicted molar refractivity (Wildman–Crippen MR) is 90.6 cm³/mol. The normalized spacial score (nSPS) is 18.3. The van der Waals surface area contributed by atoms with Crippen molar-refractivity contribution in [3.8, 4) is 0 Å². The van der Waals surface area contributed by atoms with Crippen LogP contribution in [-0.2, 0) is 0 Å². The van der Waals surface area contributed by atoms with Crippen LogP contribution in [0.2, 0.25) is 0 Å². The Morgan fingerprint density at radius 1 is 1.32 bits per heavy atom. The summed E-state index contributed by atoms with van der Waals surface area (Å²) >= 11 is 1.75. The Bertz CT molecular complexity index is 597. The van der Waals surface area contributed by atoms with Crippen molar-refractivity contribution in [2.24, 2.45) is 5.73 Å². The van der Waals surface area contributed by atoms with Gasteiger partial charge < -0.3 is 5.73 Å². The second-order valence-electron chi connectivity index (χ2n) is 5.86. The van der Waals surface area contributed by atoms with E-state index in [1.807, 2.05) is 38.4 Å². The summed E-state index contributed by atoms with van der Waals surface area (Å²) in [4.78, 5) is 10.7. The zero-order valence-electron chi connectivity index (χ0n) is 12.9. The molecule has 0 aliphatic carbocycles. The fourth-order valence-electron chi connectivity index (χ4n) is 2.46. The van der Waals surface area contributed by atoms with Gasteiger partial charge in [-0.05, 0) is 18.5 Å². The first-order valence-corrected chi connectivity index (χ1v) is 8.12. The van der Waals surface area contributed by atoms with Gasteiger partial charge in [0.2, 0.25) is 0 Å². The van der Waals surface area contributed by atoms with Gasteiger partial charge in [0.25, 0.3) is 0 Å². The van der Waals surface area contributed by atoms with E-state index in [2.05, 4.69) is 12.1 Å². The monoisotopic (exact) mass is 320 g/mol. The van der Waals surface area contributed by atoms with E-state index in [0.717, 1.165) is 11.4 Å². The Morgan fingerprint density at radius 3 is 2.55 bits per heavy atom. The van der Waals surface area contributed by atoms with Crippen molar-refractivity contribution < 1.29 is 9.41 Å². The topological polar surface area (TPSA) is 69.2 Å². The number of hydrogen-bond acceptors (Lipinski definition) is 4. The van der Waals surface area contributed by atoms with Gasteiger partial charge in [-0.2, -0.15) is 0 Å². The number of likely N-dealkylation sites (N-methyl/N-ethyl adjacent to an activating group) is 1. The molecule has 0 saturated carbocycles. The first-order chi connectivity index (χ1) is 10.4. The van der Waals surface area contributed by atoms with Gasteiger partial charge in [-0.25, -0.2) is 0 Å². The van der Waals surface area contributed by atoms with E-state index in [1.165, 1.54) is 5.56 Å². The Balaban J connectivity index is 2.24. The lowest BCUT2D eigenvalue weighted by atomic mass is 10.1. The van der Waals surface area contributed by atoms with Gasteiger partial charge in [0.1, 0.15) is 0 Å². The van der Waals surface area contributed by atoms with Crippen molar-refractivity contribution in [1.82, 2.24) is 0 Å². The maximum atomic E-state index is 11.0. The molecule has 1 aromatic rings. The van der Waals surface area contributed by atoms with E-state index in [9.17, 15) is 10.1 Å². The lowest BCUT2D eigenvalue weighted by Gasteiger charge is -2.33. The van der Waals surface area contributed by atoms with Crippen LogP contribution in [-0.4, -0.2) is 36.6 Å². The number of nitro groups is 1. The smallest absolute Gasteiger partial charge is 0.300 e.